The second-order valence-electron chi connectivity index (χ2n) is 5.39. The molecule has 3 aromatic rings. The number of aryl methyl sites for hydroxylation is 1. The third-order valence-corrected chi connectivity index (χ3v) is 4.09. The molecule has 0 aliphatic rings. The molecule has 0 radical (unpaired) electrons. The van der Waals surface area contributed by atoms with Gasteiger partial charge in [-0.05, 0) is 36.2 Å². The Morgan fingerprint density at radius 3 is 2.00 bits per heavy atom. The van der Waals surface area contributed by atoms with E-state index in [1.807, 2.05) is 43.3 Å². The molecule has 118 valence electrons. The van der Waals surface area contributed by atoms with Crippen molar-refractivity contribution in [2.75, 3.05) is 21.3 Å². The first-order chi connectivity index (χ1) is 11.2. The van der Waals surface area contributed by atoms with Gasteiger partial charge in [0, 0.05) is 16.3 Å². The highest BCUT2D eigenvalue weighted by Gasteiger charge is 2.15. The Balaban J connectivity index is 2.30. The summed E-state index contributed by atoms with van der Waals surface area (Å²) in [5, 5.41) is 2.08. The molecule has 0 unspecified atom stereocenters. The zero-order valence-electron chi connectivity index (χ0n) is 13.8. The average Bonchev–Trinajstić information content (AvgIpc) is 2.60. The lowest BCUT2D eigenvalue weighted by atomic mass is 9.97. The fraction of sp³-hybridized carbons (Fsp3) is 0.200. The summed E-state index contributed by atoms with van der Waals surface area (Å²) in [6.07, 6.45) is 0. The minimum absolute atomic E-state index is 0.838. The van der Waals surface area contributed by atoms with E-state index in [2.05, 4.69) is 12.1 Å². The van der Waals surface area contributed by atoms with E-state index in [-0.39, 0.29) is 0 Å². The molecule has 0 saturated heterocycles. The SMILES string of the molecule is COc1ccc(-c2cc(OC)c3ccccc3c2OC)cc1C. The summed E-state index contributed by atoms with van der Waals surface area (Å²) in [5.74, 6) is 2.57. The Morgan fingerprint density at radius 2 is 1.39 bits per heavy atom. The van der Waals surface area contributed by atoms with Gasteiger partial charge in [-0.15, -0.1) is 0 Å². The van der Waals surface area contributed by atoms with Crippen molar-refractivity contribution in [1.29, 1.82) is 0 Å². The van der Waals surface area contributed by atoms with Gasteiger partial charge in [-0.3, -0.25) is 0 Å². The molecule has 3 aromatic carbocycles. The summed E-state index contributed by atoms with van der Waals surface area (Å²) in [6.45, 7) is 2.03. The largest absolute Gasteiger partial charge is 0.496 e. The van der Waals surface area contributed by atoms with Gasteiger partial charge in [0.15, 0.2) is 0 Å². The molecule has 0 aromatic heterocycles. The second-order valence-corrected chi connectivity index (χ2v) is 5.39. The van der Waals surface area contributed by atoms with Crippen LogP contribution in [0.3, 0.4) is 0 Å². The minimum atomic E-state index is 0.838. The summed E-state index contributed by atoms with van der Waals surface area (Å²) in [7, 11) is 5.08. The Morgan fingerprint density at radius 1 is 0.696 bits per heavy atom. The molecule has 0 aliphatic carbocycles. The van der Waals surface area contributed by atoms with E-state index in [1.165, 1.54) is 0 Å². The number of benzene rings is 3. The topological polar surface area (TPSA) is 27.7 Å². The van der Waals surface area contributed by atoms with Crippen molar-refractivity contribution in [1.82, 2.24) is 0 Å². The Bertz CT molecular complexity index is 853. The lowest BCUT2D eigenvalue weighted by molar-refractivity contribution is 0.410. The number of ether oxygens (including phenoxy) is 3. The molecular weight excluding hydrogens is 288 g/mol. The second kappa shape index (κ2) is 6.21. The van der Waals surface area contributed by atoms with Crippen molar-refractivity contribution in [3.8, 4) is 28.4 Å². The van der Waals surface area contributed by atoms with Gasteiger partial charge in [-0.1, -0.05) is 30.3 Å². The summed E-state index contributed by atoms with van der Waals surface area (Å²) in [6, 6.07) is 16.3. The predicted octanol–water partition coefficient (Wildman–Crippen LogP) is 4.84. The molecule has 3 nitrogen and oxygen atoms in total. The standard InChI is InChI=1S/C20H20O3/c1-13-11-14(9-10-18(13)21-2)17-12-19(22-3)15-7-5-6-8-16(15)20(17)23-4/h5-12H,1-4H3. The molecule has 0 spiro atoms. The molecule has 0 N–H and O–H groups in total. The molecule has 0 bridgehead atoms. The third-order valence-electron chi connectivity index (χ3n) is 4.09. The molecule has 23 heavy (non-hydrogen) atoms. The lowest BCUT2D eigenvalue weighted by Gasteiger charge is -2.16. The molecule has 0 heterocycles. The van der Waals surface area contributed by atoms with Gasteiger partial charge in [0.2, 0.25) is 0 Å². The van der Waals surface area contributed by atoms with Crippen LogP contribution in [0.5, 0.6) is 17.2 Å². The normalized spacial score (nSPS) is 10.6. The number of hydrogen-bond acceptors (Lipinski definition) is 3. The maximum atomic E-state index is 5.72. The van der Waals surface area contributed by atoms with E-state index < -0.39 is 0 Å². The first-order valence-electron chi connectivity index (χ1n) is 7.48. The van der Waals surface area contributed by atoms with Gasteiger partial charge in [0.1, 0.15) is 17.2 Å². The van der Waals surface area contributed by atoms with E-state index in [1.54, 1.807) is 21.3 Å². The maximum absolute atomic E-state index is 5.72. The smallest absolute Gasteiger partial charge is 0.134 e. The van der Waals surface area contributed by atoms with E-state index in [4.69, 9.17) is 14.2 Å². The average molecular weight is 308 g/mol. The van der Waals surface area contributed by atoms with Crippen LogP contribution in [-0.4, -0.2) is 21.3 Å². The van der Waals surface area contributed by atoms with Crippen LogP contribution in [0.2, 0.25) is 0 Å². The highest BCUT2D eigenvalue weighted by molar-refractivity contribution is 5.99. The van der Waals surface area contributed by atoms with Crippen LogP contribution in [0.25, 0.3) is 21.9 Å². The molecular formula is C20H20O3. The molecule has 0 aliphatic heterocycles. The highest BCUT2D eigenvalue weighted by Crippen LogP contribution is 2.42. The molecule has 0 fully saturated rings. The lowest BCUT2D eigenvalue weighted by Crippen LogP contribution is -1.94. The van der Waals surface area contributed by atoms with Crippen LogP contribution in [0.15, 0.2) is 48.5 Å². The molecule has 0 atom stereocenters. The summed E-state index contributed by atoms with van der Waals surface area (Å²) in [5.41, 5.74) is 3.16. The van der Waals surface area contributed by atoms with Crippen molar-refractivity contribution in [2.24, 2.45) is 0 Å². The first-order valence-corrected chi connectivity index (χ1v) is 7.48. The number of hydrogen-bond donors (Lipinski definition) is 0. The quantitative estimate of drug-likeness (QED) is 0.690. The summed E-state index contributed by atoms with van der Waals surface area (Å²) in [4.78, 5) is 0. The predicted molar refractivity (Wildman–Crippen MR) is 93.8 cm³/mol. The number of fused-ring (bicyclic) bond motifs is 1. The van der Waals surface area contributed by atoms with Gasteiger partial charge in [0.25, 0.3) is 0 Å². The van der Waals surface area contributed by atoms with Gasteiger partial charge >= 0.3 is 0 Å². The van der Waals surface area contributed by atoms with Crippen molar-refractivity contribution in [2.45, 2.75) is 6.92 Å². The van der Waals surface area contributed by atoms with Gasteiger partial charge in [0.05, 0.1) is 21.3 Å². The van der Waals surface area contributed by atoms with Crippen LogP contribution < -0.4 is 14.2 Å². The van der Waals surface area contributed by atoms with Crippen molar-refractivity contribution < 1.29 is 14.2 Å². The van der Waals surface area contributed by atoms with E-state index in [0.717, 1.165) is 44.7 Å². The fourth-order valence-corrected chi connectivity index (χ4v) is 2.96. The van der Waals surface area contributed by atoms with Crippen LogP contribution in [0.1, 0.15) is 5.56 Å². The summed E-state index contributed by atoms with van der Waals surface area (Å²) < 4.78 is 16.7. The van der Waals surface area contributed by atoms with Crippen LogP contribution >= 0.6 is 0 Å². The molecule has 3 heteroatoms. The van der Waals surface area contributed by atoms with Gasteiger partial charge in [-0.2, -0.15) is 0 Å². The van der Waals surface area contributed by atoms with Gasteiger partial charge < -0.3 is 14.2 Å². The minimum Gasteiger partial charge on any atom is -0.496 e. The Hall–Kier alpha value is -2.68. The van der Waals surface area contributed by atoms with Crippen molar-refractivity contribution in [3.63, 3.8) is 0 Å². The first kappa shape index (κ1) is 15.2. The monoisotopic (exact) mass is 308 g/mol. The van der Waals surface area contributed by atoms with E-state index >= 15 is 0 Å². The molecule has 3 rings (SSSR count). The number of methoxy groups -OCH3 is 3. The Kier molecular flexibility index (Phi) is 4.11. The zero-order chi connectivity index (χ0) is 16.4. The van der Waals surface area contributed by atoms with Crippen LogP contribution in [0.4, 0.5) is 0 Å². The molecule has 0 saturated carbocycles. The Labute approximate surface area is 136 Å². The maximum Gasteiger partial charge on any atom is 0.134 e. The van der Waals surface area contributed by atoms with Crippen LogP contribution in [0, 0.1) is 6.92 Å². The van der Waals surface area contributed by atoms with E-state index in [9.17, 15) is 0 Å². The summed E-state index contributed by atoms with van der Waals surface area (Å²) >= 11 is 0. The number of rotatable bonds is 4. The highest BCUT2D eigenvalue weighted by atomic mass is 16.5. The van der Waals surface area contributed by atoms with Crippen molar-refractivity contribution >= 4 is 10.8 Å². The molecule has 0 amide bonds. The van der Waals surface area contributed by atoms with Gasteiger partial charge in [-0.25, -0.2) is 0 Å². The zero-order valence-corrected chi connectivity index (χ0v) is 13.8. The van der Waals surface area contributed by atoms with Crippen LogP contribution in [-0.2, 0) is 0 Å². The fourth-order valence-electron chi connectivity index (χ4n) is 2.96. The van der Waals surface area contributed by atoms with E-state index in [0.29, 0.717) is 0 Å². The third kappa shape index (κ3) is 2.59. The van der Waals surface area contributed by atoms with Crippen molar-refractivity contribution in [3.05, 3.63) is 54.1 Å².